The van der Waals surface area contributed by atoms with E-state index in [1.54, 1.807) is 0 Å². The largest absolute Gasteiger partial charge is 0.449 e. The number of nitro benzene ring substituents is 1. The maximum Gasteiger partial charge on any atom is 0.387 e. The summed E-state index contributed by atoms with van der Waals surface area (Å²) >= 11 is 11.5. The van der Waals surface area contributed by atoms with Crippen LogP contribution in [0.1, 0.15) is 17.3 Å². The van der Waals surface area contributed by atoms with Gasteiger partial charge in [0.1, 0.15) is 10.8 Å². The molecule has 0 fully saturated rings. The summed E-state index contributed by atoms with van der Waals surface area (Å²) in [5.74, 6) is -2.00. The molecule has 0 heterocycles. The predicted molar refractivity (Wildman–Crippen MR) is 99.7 cm³/mol. The number of benzene rings is 2. The van der Waals surface area contributed by atoms with Gasteiger partial charge >= 0.3 is 12.6 Å². The van der Waals surface area contributed by atoms with Crippen LogP contribution in [-0.4, -0.2) is 29.5 Å². The van der Waals surface area contributed by atoms with E-state index >= 15 is 0 Å². The summed E-state index contributed by atoms with van der Waals surface area (Å²) in [7, 11) is 0. The molecule has 1 atom stereocenters. The molecule has 1 unspecified atom stereocenters. The van der Waals surface area contributed by atoms with Crippen LogP contribution in [0.25, 0.3) is 0 Å². The van der Waals surface area contributed by atoms with Crippen LogP contribution in [0.5, 0.6) is 5.75 Å². The molecule has 8 nitrogen and oxygen atoms in total. The fourth-order valence-corrected chi connectivity index (χ4v) is 2.49. The van der Waals surface area contributed by atoms with Crippen LogP contribution in [0.2, 0.25) is 10.0 Å². The van der Waals surface area contributed by atoms with Gasteiger partial charge in [-0.3, -0.25) is 14.9 Å². The molecule has 1 N–H and O–H groups in total. The molecule has 0 aliphatic heterocycles. The molecule has 0 radical (unpaired) electrons. The number of nitro groups is 1. The van der Waals surface area contributed by atoms with Crippen molar-refractivity contribution < 1.29 is 32.8 Å². The van der Waals surface area contributed by atoms with E-state index in [4.69, 9.17) is 27.9 Å². The van der Waals surface area contributed by atoms with Gasteiger partial charge < -0.3 is 14.8 Å². The average Bonchev–Trinajstić information content (AvgIpc) is 2.63. The van der Waals surface area contributed by atoms with E-state index in [9.17, 15) is 28.5 Å². The highest BCUT2D eigenvalue weighted by Crippen LogP contribution is 2.29. The molecule has 0 bridgehead atoms. The third-order valence-electron chi connectivity index (χ3n) is 3.45. The number of halogens is 4. The number of nitrogens with zero attached hydrogens (tertiary/aromatic N) is 1. The van der Waals surface area contributed by atoms with Crippen LogP contribution < -0.4 is 10.1 Å². The molecule has 12 heteroatoms. The highest BCUT2D eigenvalue weighted by Gasteiger charge is 2.22. The van der Waals surface area contributed by atoms with E-state index in [2.05, 4.69) is 10.1 Å². The molecule has 0 saturated carbocycles. The molecular weight excluding hydrogens is 437 g/mol. The van der Waals surface area contributed by atoms with Crippen LogP contribution in [0.3, 0.4) is 0 Å². The first-order valence-electron chi connectivity index (χ1n) is 7.78. The van der Waals surface area contributed by atoms with Gasteiger partial charge in [-0.15, -0.1) is 0 Å². The number of hydrogen-bond donors (Lipinski definition) is 1. The minimum atomic E-state index is -3.06. The molecule has 0 aliphatic rings. The number of carbonyl (C=O) groups is 2. The minimum Gasteiger partial charge on any atom is -0.449 e. The molecule has 0 aliphatic carbocycles. The Kier molecular flexibility index (Phi) is 7.29. The van der Waals surface area contributed by atoms with E-state index in [0.717, 1.165) is 18.2 Å². The van der Waals surface area contributed by atoms with Crippen LogP contribution >= 0.6 is 23.2 Å². The van der Waals surface area contributed by atoms with Gasteiger partial charge in [-0.05, 0) is 37.3 Å². The summed E-state index contributed by atoms with van der Waals surface area (Å²) < 4.78 is 33.6. The number of esters is 1. The Balaban J connectivity index is 2.04. The normalized spacial score (nSPS) is 11.7. The van der Waals surface area contributed by atoms with Crippen LogP contribution in [-0.2, 0) is 9.53 Å². The van der Waals surface area contributed by atoms with Crippen molar-refractivity contribution >= 4 is 46.5 Å². The van der Waals surface area contributed by atoms with Crippen LogP contribution in [0.4, 0.5) is 20.2 Å². The number of alkyl halides is 2. The zero-order chi connectivity index (χ0) is 21.7. The molecule has 1 amide bonds. The first kappa shape index (κ1) is 22.3. The first-order chi connectivity index (χ1) is 13.6. The maximum absolute atomic E-state index is 12.2. The maximum atomic E-state index is 12.2. The molecule has 2 rings (SSSR count). The zero-order valence-corrected chi connectivity index (χ0v) is 16.0. The fraction of sp³-hybridized carbons (Fsp3) is 0.176. The van der Waals surface area contributed by atoms with E-state index in [-0.39, 0.29) is 27.0 Å². The lowest BCUT2D eigenvalue weighted by Crippen LogP contribution is -2.30. The smallest absolute Gasteiger partial charge is 0.387 e. The SMILES string of the molecule is CC(OC(=O)c1ccc(Cl)c([N+](=O)[O-])c1)C(=O)Nc1ccc(OC(F)F)c(Cl)c1. The topological polar surface area (TPSA) is 108 Å². The van der Waals surface area contributed by atoms with Gasteiger partial charge in [0, 0.05) is 11.8 Å². The Labute approximate surface area is 172 Å². The molecule has 154 valence electrons. The lowest BCUT2D eigenvalue weighted by molar-refractivity contribution is -0.384. The third kappa shape index (κ3) is 6.00. The lowest BCUT2D eigenvalue weighted by atomic mass is 10.2. The van der Waals surface area contributed by atoms with Gasteiger partial charge in [-0.25, -0.2) is 4.79 Å². The number of hydrogen-bond acceptors (Lipinski definition) is 6. The summed E-state index contributed by atoms with van der Waals surface area (Å²) in [6, 6.07) is 6.87. The zero-order valence-electron chi connectivity index (χ0n) is 14.5. The number of ether oxygens (including phenoxy) is 2. The predicted octanol–water partition coefficient (Wildman–Crippen LogP) is 4.69. The van der Waals surface area contributed by atoms with Crippen LogP contribution in [0, 0.1) is 10.1 Å². The summed E-state index contributed by atoms with van der Waals surface area (Å²) in [6.07, 6.45) is -1.28. The monoisotopic (exact) mass is 448 g/mol. The Morgan fingerprint density at radius 3 is 2.41 bits per heavy atom. The molecule has 2 aromatic carbocycles. The quantitative estimate of drug-likeness (QED) is 0.374. The van der Waals surface area contributed by atoms with Crippen molar-refractivity contribution in [1.82, 2.24) is 0 Å². The minimum absolute atomic E-state index is 0.145. The second-order valence-electron chi connectivity index (χ2n) is 5.48. The molecule has 0 spiro atoms. The van der Waals surface area contributed by atoms with Crippen molar-refractivity contribution in [3.8, 4) is 5.75 Å². The molecular formula is C17H12Cl2F2N2O6. The van der Waals surface area contributed by atoms with Gasteiger partial charge in [-0.2, -0.15) is 8.78 Å². The van der Waals surface area contributed by atoms with Crippen molar-refractivity contribution in [3.05, 3.63) is 62.1 Å². The third-order valence-corrected chi connectivity index (χ3v) is 4.06. The number of rotatable bonds is 7. The molecule has 2 aromatic rings. The Morgan fingerprint density at radius 1 is 1.14 bits per heavy atom. The van der Waals surface area contributed by atoms with E-state index in [0.29, 0.717) is 0 Å². The molecule has 0 aromatic heterocycles. The van der Waals surface area contributed by atoms with Gasteiger partial charge in [0.25, 0.3) is 11.6 Å². The first-order valence-corrected chi connectivity index (χ1v) is 8.54. The summed E-state index contributed by atoms with van der Waals surface area (Å²) in [4.78, 5) is 34.4. The number of nitrogens with one attached hydrogen (secondary N) is 1. The van der Waals surface area contributed by atoms with Crippen molar-refractivity contribution in [3.63, 3.8) is 0 Å². The van der Waals surface area contributed by atoms with Crippen molar-refractivity contribution in [2.24, 2.45) is 0 Å². The van der Waals surface area contributed by atoms with Gasteiger partial charge in [0.15, 0.2) is 6.10 Å². The second-order valence-corrected chi connectivity index (χ2v) is 6.30. The summed E-state index contributed by atoms with van der Waals surface area (Å²) in [5, 5.41) is 12.9. The Bertz CT molecular complexity index is 958. The van der Waals surface area contributed by atoms with Gasteiger partial charge in [0.2, 0.25) is 0 Å². The number of carbonyl (C=O) groups excluding carboxylic acids is 2. The van der Waals surface area contributed by atoms with Crippen molar-refractivity contribution in [2.75, 3.05) is 5.32 Å². The standard InChI is InChI=1S/C17H12Cl2F2N2O6/c1-8(28-16(25)9-2-4-11(18)13(6-9)23(26)27)15(24)22-10-3-5-14(12(19)7-10)29-17(20)21/h2-8,17H,1H3,(H,22,24). The second kappa shape index (κ2) is 9.48. The lowest BCUT2D eigenvalue weighted by Gasteiger charge is -2.14. The highest BCUT2D eigenvalue weighted by molar-refractivity contribution is 6.33. The number of amides is 1. The Hall–Kier alpha value is -2.98. The van der Waals surface area contributed by atoms with Crippen molar-refractivity contribution in [2.45, 2.75) is 19.6 Å². The number of anilines is 1. The van der Waals surface area contributed by atoms with Gasteiger partial charge in [-0.1, -0.05) is 23.2 Å². The fourth-order valence-electron chi connectivity index (χ4n) is 2.08. The molecule has 0 saturated heterocycles. The van der Waals surface area contributed by atoms with Crippen LogP contribution in [0.15, 0.2) is 36.4 Å². The Morgan fingerprint density at radius 2 is 1.83 bits per heavy atom. The summed E-state index contributed by atoms with van der Waals surface area (Å²) in [6.45, 7) is -1.79. The van der Waals surface area contributed by atoms with E-state index in [1.165, 1.54) is 25.1 Å². The molecule has 29 heavy (non-hydrogen) atoms. The van der Waals surface area contributed by atoms with Crippen molar-refractivity contribution in [1.29, 1.82) is 0 Å². The highest BCUT2D eigenvalue weighted by atomic mass is 35.5. The van der Waals surface area contributed by atoms with Gasteiger partial charge in [0.05, 0.1) is 15.5 Å². The average molecular weight is 449 g/mol. The van der Waals surface area contributed by atoms with E-state index < -0.39 is 35.2 Å². The summed E-state index contributed by atoms with van der Waals surface area (Å²) in [5.41, 5.74) is -0.511. The van der Waals surface area contributed by atoms with E-state index in [1.807, 2.05) is 0 Å².